The van der Waals surface area contributed by atoms with Crippen molar-refractivity contribution in [1.29, 1.82) is 0 Å². The summed E-state index contributed by atoms with van der Waals surface area (Å²) in [7, 11) is 0. The van der Waals surface area contributed by atoms with Crippen LogP contribution in [-0.4, -0.2) is 50.2 Å². The number of aromatic nitrogens is 3. The van der Waals surface area contributed by atoms with Gasteiger partial charge in [0.1, 0.15) is 17.9 Å². The number of aliphatic hydroxyl groups excluding tert-OH is 1. The lowest BCUT2D eigenvalue weighted by atomic mass is 9.48. The molecule has 0 radical (unpaired) electrons. The number of anilines is 1. The summed E-state index contributed by atoms with van der Waals surface area (Å²) >= 11 is 0. The molecule has 4 fully saturated rings. The average Bonchev–Trinajstić information content (AvgIpc) is 3.21. The molecule has 1 aliphatic heterocycles. The summed E-state index contributed by atoms with van der Waals surface area (Å²) in [4.78, 5) is 23.4. The van der Waals surface area contributed by atoms with Crippen LogP contribution in [0.5, 0.6) is 0 Å². The van der Waals surface area contributed by atoms with Gasteiger partial charge < -0.3 is 19.8 Å². The molecular formula is C24H31N5O3. The zero-order chi connectivity index (χ0) is 21.9. The third-order valence-electron chi connectivity index (χ3n) is 8.40. The van der Waals surface area contributed by atoms with Gasteiger partial charge in [-0.15, -0.1) is 0 Å². The summed E-state index contributed by atoms with van der Waals surface area (Å²) in [6.07, 6.45) is 9.55. The zero-order valence-corrected chi connectivity index (χ0v) is 18.6. The van der Waals surface area contributed by atoms with E-state index in [2.05, 4.69) is 20.4 Å². The predicted molar refractivity (Wildman–Crippen MR) is 117 cm³/mol. The minimum Gasteiger partial charge on any atom is -0.391 e. The van der Waals surface area contributed by atoms with Crippen LogP contribution in [0.4, 0.5) is 5.82 Å². The van der Waals surface area contributed by atoms with Crippen molar-refractivity contribution in [2.24, 2.45) is 23.2 Å². The van der Waals surface area contributed by atoms with Gasteiger partial charge in [-0.25, -0.2) is 9.97 Å². The molecule has 32 heavy (non-hydrogen) atoms. The minimum absolute atomic E-state index is 0.0911. The molecule has 5 aliphatic rings. The molecule has 8 nitrogen and oxygen atoms in total. The number of nitrogens with one attached hydrogen (secondary N) is 1. The number of carbonyl (C=O) groups excluding carboxylic acids is 1. The maximum absolute atomic E-state index is 12.7. The summed E-state index contributed by atoms with van der Waals surface area (Å²) in [6, 6.07) is 1.66. The van der Waals surface area contributed by atoms with Crippen molar-refractivity contribution in [3.63, 3.8) is 0 Å². The van der Waals surface area contributed by atoms with Crippen molar-refractivity contribution < 1.29 is 14.4 Å². The Morgan fingerprint density at radius 3 is 2.62 bits per heavy atom. The second-order valence-corrected chi connectivity index (χ2v) is 10.6. The fourth-order valence-electron chi connectivity index (χ4n) is 7.30. The topological polar surface area (TPSA) is 104 Å². The fourth-order valence-corrected chi connectivity index (χ4v) is 7.30. The maximum atomic E-state index is 12.7. The molecular weight excluding hydrogens is 406 g/mol. The van der Waals surface area contributed by atoms with E-state index < -0.39 is 0 Å². The number of fused-ring (bicyclic) bond motifs is 1. The van der Waals surface area contributed by atoms with Crippen LogP contribution in [0.2, 0.25) is 0 Å². The average molecular weight is 438 g/mol. The number of carbonyl (C=O) groups is 1. The second-order valence-electron chi connectivity index (χ2n) is 10.6. The lowest BCUT2D eigenvalue weighted by Crippen LogP contribution is -2.53. The van der Waals surface area contributed by atoms with Crippen LogP contribution in [0.25, 0.3) is 0 Å². The Morgan fingerprint density at radius 1 is 1.25 bits per heavy atom. The number of rotatable bonds is 5. The molecule has 8 heteroatoms. The van der Waals surface area contributed by atoms with Crippen molar-refractivity contribution in [2.45, 2.75) is 64.5 Å². The first-order chi connectivity index (χ1) is 15.5. The van der Waals surface area contributed by atoms with E-state index in [0.717, 1.165) is 34.8 Å². The monoisotopic (exact) mass is 437 g/mol. The molecule has 0 spiro atoms. The van der Waals surface area contributed by atoms with Crippen LogP contribution < -0.4 is 5.32 Å². The van der Waals surface area contributed by atoms with Crippen LogP contribution in [0.3, 0.4) is 0 Å². The van der Waals surface area contributed by atoms with Crippen molar-refractivity contribution in [1.82, 2.24) is 20.0 Å². The Hall–Kier alpha value is -2.48. The van der Waals surface area contributed by atoms with Gasteiger partial charge >= 0.3 is 0 Å². The van der Waals surface area contributed by atoms with Crippen molar-refractivity contribution in [3.8, 4) is 0 Å². The molecule has 2 aromatic heterocycles. The first-order valence-corrected chi connectivity index (χ1v) is 12.0. The first-order valence-electron chi connectivity index (χ1n) is 12.0. The van der Waals surface area contributed by atoms with E-state index in [1.54, 1.807) is 24.2 Å². The number of amides is 1. The number of aryl methyl sites for hydroxylation is 1. The first kappa shape index (κ1) is 20.1. The molecule has 0 saturated heterocycles. The molecule has 4 aliphatic carbocycles. The second kappa shape index (κ2) is 7.54. The number of aliphatic hydroxyl groups is 1. The Morgan fingerprint density at radius 2 is 1.97 bits per heavy atom. The van der Waals surface area contributed by atoms with Crippen molar-refractivity contribution >= 4 is 11.7 Å². The van der Waals surface area contributed by atoms with Crippen molar-refractivity contribution in [3.05, 3.63) is 35.1 Å². The van der Waals surface area contributed by atoms with E-state index in [1.807, 2.05) is 0 Å². The SMILES string of the molecule is Cc1cc(C(=O)N2CCc3c(ncnc3NCC(O)C34CC5CC(CC(C5)C3)C4)C2)no1. The van der Waals surface area contributed by atoms with E-state index in [1.165, 1.54) is 38.5 Å². The molecule has 4 saturated carbocycles. The number of hydrogen-bond donors (Lipinski definition) is 2. The van der Waals surface area contributed by atoms with Gasteiger partial charge in [0.25, 0.3) is 5.91 Å². The van der Waals surface area contributed by atoms with E-state index >= 15 is 0 Å². The molecule has 1 atom stereocenters. The summed E-state index contributed by atoms with van der Waals surface area (Å²) in [5, 5.41) is 18.5. The highest BCUT2D eigenvalue weighted by molar-refractivity contribution is 5.92. The zero-order valence-electron chi connectivity index (χ0n) is 18.6. The molecule has 1 amide bonds. The highest BCUT2D eigenvalue weighted by Gasteiger charge is 2.53. The summed E-state index contributed by atoms with van der Waals surface area (Å²) in [5.74, 6) is 3.73. The normalized spacial score (nSPS) is 31.4. The molecule has 2 aromatic rings. The fraction of sp³-hybridized carbons (Fsp3) is 0.667. The number of hydrogen-bond acceptors (Lipinski definition) is 7. The van der Waals surface area contributed by atoms with Gasteiger partial charge in [0.15, 0.2) is 5.69 Å². The lowest BCUT2D eigenvalue weighted by Gasteiger charge is -2.58. The van der Waals surface area contributed by atoms with Crippen molar-refractivity contribution in [2.75, 3.05) is 18.4 Å². The van der Waals surface area contributed by atoms with E-state index in [-0.39, 0.29) is 17.4 Å². The van der Waals surface area contributed by atoms with E-state index in [4.69, 9.17) is 4.52 Å². The third-order valence-corrected chi connectivity index (χ3v) is 8.40. The highest BCUT2D eigenvalue weighted by Crippen LogP contribution is 2.61. The van der Waals surface area contributed by atoms with E-state index in [0.29, 0.717) is 37.5 Å². The standard InChI is InChI=1S/C24H31N5O3/c1-14-4-19(28-32-14)23(31)29-3-2-18-20(12-29)26-13-27-22(18)25-11-21(30)24-8-15-5-16(9-24)7-17(6-15)10-24/h4,13,15-17,21,30H,2-3,5-12H2,1H3,(H,25,26,27). The molecule has 4 bridgehead atoms. The Bertz CT molecular complexity index is 999. The van der Waals surface area contributed by atoms with Gasteiger partial charge in [-0.1, -0.05) is 5.16 Å². The molecule has 1 unspecified atom stereocenters. The molecule has 170 valence electrons. The third kappa shape index (κ3) is 3.39. The Kier molecular flexibility index (Phi) is 4.75. The van der Waals surface area contributed by atoms with Crippen LogP contribution in [0, 0.1) is 30.1 Å². The predicted octanol–water partition coefficient (Wildman–Crippen LogP) is 2.96. The van der Waals surface area contributed by atoms with Crippen LogP contribution in [0.1, 0.15) is 66.0 Å². The Balaban J connectivity index is 1.14. The highest BCUT2D eigenvalue weighted by atomic mass is 16.5. The maximum Gasteiger partial charge on any atom is 0.276 e. The molecule has 0 aromatic carbocycles. The minimum atomic E-state index is -0.349. The number of nitrogens with zero attached hydrogens (tertiary/aromatic N) is 4. The largest absolute Gasteiger partial charge is 0.391 e. The van der Waals surface area contributed by atoms with Gasteiger partial charge in [-0.2, -0.15) is 0 Å². The molecule has 3 heterocycles. The molecule has 2 N–H and O–H groups in total. The lowest BCUT2D eigenvalue weighted by molar-refractivity contribution is -0.115. The van der Waals surface area contributed by atoms with Crippen LogP contribution in [-0.2, 0) is 13.0 Å². The molecule has 7 rings (SSSR count). The van der Waals surface area contributed by atoms with Gasteiger partial charge in [0.2, 0.25) is 0 Å². The van der Waals surface area contributed by atoms with Gasteiger partial charge in [0.05, 0.1) is 18.3 Å². The quantitative estimate of drug-likeness (QED) is 0.741. The summed E-state index contributed by atoms with van der Waals surface area (Å²) < 4.78 is 5.05. The van der Waals surface area contributed by atoms with Crippen LogP contribution >= 0.6 is 0 Å². The van der Waals surface area contributed by atoms with Crippen LogP contribution in [0.15, 0.2) is 16.9 Å². The van der Waals surface area contributed by atoms with Gasteiger partial charge in [-0.05, 0) is 75.0 Å². The van der Waals surface area contributed by atoms with Gasteiger partial charge in [0, 0.05) is 24.7 Å². The van der Waals surface area contributed by atoms with E-state index in [9.17, 15) is 9.90 Å². The van der Waals surface area contributed by atoms with Gasteiger partial charge in [-0.3, -0.25) is 4.79 Å². The smallest absolute Gasteiger partial charge is 0.276 e. The summed E-state index contributed by atoms with van der Waals surface area (Å²) in [6.45, 7) is 3.31. The summed E-state index contributed by atoms with van der Waals surface area (Å²) in [5.41, 5.74) is 2.32. The Labute approximate surface area is 187 Å².